The number of hydrogen-bond acceptors (Lipinski definition) is 12. The molecule has 3 unspecified atom stereocenters. The van der Waals surface area contributed by atoms with E-state index in [1.807, 2.05) is 80.5 Å². The van der Waals surface area contributed by atoms with Gasteiger partial charge in [-0.1, -0.05) is 18.2 Å². The first kappa shape index (κ1) is 31.4. The molecule has 2 aromatic heterocycles. The molecular formula is C30H36N10O5. The zero-order valence-corrected chi connectivity index (χ0v) is 25.5. The number of azo groups is 1. The van der Waals surface area contributed by atoms with Gasteiger partial charge in [0.05, 0.1) is 41.7 Å². The Morgan fingerprint density at radius 1 is 1.09 bits per heavy atom. The number of anilines is 1. The van der Waals surface area contributed by atoms with Crippen molar-refractivity contribution >= 4 is 45.8 Å². The first-order valence-corrected chi connectivity index (χ1v) is 14.3. The van der Waals surface area contributed by atoms with Gasteiger partial charge in [0.2, 0.25) is 0 Å². The van der Waals surface area contributed by atoms with Crippen molar-refractivity contribution in [2.45, 2.75) is 38.3 Å². The molecule has 2 aromatic carbocycles. The van der Waals surface area contributed by atoms with Crippen LogP contribution in [-0.2, 0) is 16.0 Å². The second-order valence-corrected chi connectivity index (χ2v) is 10.6. The number of ether oxygens (including phenoxy) is 2. The number of aliphatic imine (C=N–C) groups is 1. The fraction of sp³-hybridized carbons (Fsp3) is 0.367. The average Bonchev–Trinajstić information content (AvgIpc) is 3.62. The normalized spacial score (nSPS) is 18.4. The summed E-state index contributed by atoms with van der Waals surface area (Å²) in [6.45, 7) is 1.49. The van der Waals surface area contributed by atoms with Crippen LogP contribution in [0.1, 0.15) is 25.3 Å². The highest BCUT2D eigenvalue weighted by atomic mass is 16.6. The predicted molar refractivity (Wildman–Crippen MR) is 167 cm³/mol. The van der Waals surface area contributed by atoms with Crippen LogP contribution in [0.15, 0.2) is 76.1 Å². The lowest BCUT2D eigenvalue weighted by molar-refractivity contribution is -0.0471. The molecule has 0 aliphatic carbocycles. The number of aliphatic hydroxyl groups excluding tert-OH is 2. The summed E-state index contributed by atoms with van der Waals surface area (Å²) in [5.74, 6) is 1.07. The highest BCUT2D eigenvalue weighted by Gasteiger charge is 2.36. The Morgan fingerprint density at radius 2 is 1.80 bits per heavy atom. The van der Waals surface area contributed by atoms with Gasteiger partial charge in [0, 0.05) is 33.3 Å². The predicted octanol–water partition coefficient (Wildman–Crippen LogP) is 3.81. The SMILES string of the molecule is C/C(=N/c1ncnc2c1c(CNC(=O)OCN(C)c1ccc(N=Nc3ccccc3)cc1)nn2C1CC(O)C(CO)O1)N(C)C. The highest BCUT2D eigenvalue weighted by molar-refractivity contribution is 5.92. The van der Waals surface area contributed by atoms with Crippen LogP contribution in [0.2, 0.25) is 0 Å². The van der Waals surface area contributed by atoms with Gasteiger partial charge in [-0.2, -0.15) is 15.3 Å². The highest BCUT2D eigenvalue weighted by Crippen LogP contribution is 2.34. The van der Waals surface area contributed by atoms with Crippen LogP contribution in [0.3, 0.4) is 0 Å². The molecule has 1 amide bonds. The van der Waals surface area contributed by atoms with E-state index in [2.05, 4.69) is 35.6 Å². The van der Waals surface area contributed by atoms with Gasteiger partial charge in [0.1, 0.15) is 18.3 Å². The van der Waals surface area contributed by atoms with E-state index >= 15 is 0 Å². The summed E-state index contributed by atoms with van der Waals surface area (Å²) in [5.41, 5.74) is 3.13. The maximum atomic E-state index is 12.7. The molecule has 0 spiro atoms. The molecule has 3 heterocycles. The molecule has 4 aromatic rings. The third-order valence-electron chi connectivity index (χ3n) is 7.23. The number of amides is 1. The van der Waals surface area contributed by atoms with E-state index in [1.54, 1.807) is 11.9 Å². The van der Waals surface area contributed by atoms with Crippen LogP contribution >= 0.6 is 0 Å². The monoisotopic (exact) mass is 616 g/mol. The third kappa shape index (κ3) is 7.57. The number of amidine groups is 1. The maximum absolute atomic E-state index is 12.7. The summed E-state index contributed by atoms with van der Waals surface area (Å²) in [6, 6.07) is 16.8. The molecule has 0 radical (unpaired) electrons. The maximum Gasteiger partial charge on any atom is 0.409 e. The largest absolute Gasteiger partial charge is 0.428 e. The van der Waals surface area contributed by atoms with Gasteiger partial charge in [-0.05, 0) is 43.3 Å². The molecule has 1 aliphatic rings. The molecule has 236 valence electrons. The fourth-order valence-corrected chi connectivity index (χ4v) is 4.54. The minimum Gasteiger partial charge on any atom is -0.428 e. The standard InChI is InChI=1S/C30H36N10O5/c1-19(38(2)3)34-28-27-23(37-40(29(27)33-17-32-28)26-14-24(42)25(16-41)45-26)15-31-30(43)44-18-39(4)22-12-10-21(11-13-22)36-35-20-8-6-5-7-9-20/h5-13,17,24-26,41-42H,14-16,18H2,1-4H3,(H,31,43)/b34-19-,36-35?. The van der Waals surface area contributed by atoms with Crippen molar-refractivity contribution in [3.8, 4) is 0 Å². The van der Waals surface area contributed by atoms with Crippen molar-refractivity contribution < 1.29 is 24.5 Å². The summed E-state index contributed by atoms with van der Waals surface area (Å²) < 4.78 is 12.8. The third-order valence-corrected chi connectivity index (χ3v) is 7.23. The first-order valence-electron chi connectivity index (χ1n) is 14.3. The number of nitrogens with one attached hydrogen (secondary N) is 1. The quantitative estimate of drug-likeness (QED) is 0.103. The number of aliphatic hydroxyl groups is 2. The molecule has 3 N–H and O–H groups in total. The van der Waals surface area contributed by atoms with Crippen molar-refractivity contribution in [1.82, 2.24) is 30.0 Å². The summed E-state index contributed by atoms with van der Waals surface area (Å²) in [6.07, 6.45) is -1.36. The summed E-state index contributed by atoms with van der Waals surface area (Å²) in [7, 11) is 5.53. The molecule has 15 nitrogen and oxygen atoms in total. The summed E-state index contributed by atoms with van der Waals surface area (Å²) >= 11 is 0. The molecule has 5 rings (SSSR count). The molecule has 1 fully saturated rings. The van der Waals surface area contributed by atoms with Gasteiger partial charge >= 0.3 is 6.09 Å². The van der Waals surface area contributed by atoms with Gasteiger partial charge in [-0.15, -0.1) is 0 Å². The Balaban J connectivity index is 1.26. The number of aromatic nitrogens is 4. The number of nitrogens with zero attached hydrogens (tertiary/aromatic N) is 9. The number of carbonyl (C=O) groups is 1. The Labute approximate surface area is 259 Å². The van der Waals surface area contributed by atoms with E-state index in [9.17, 15) is 15.0 Å². The van der Waals surface area contributed by atoms with E-state index in [1.165, 1.54) is 11.0 Å². The van der Waals surface area contributed by atoms with Crippen LogP contribution in [0.25, 0.3) is 11.0 Å². The molecule has 1 aliphatic heterocycles. The molecule has 3 atom stereocenters. The number of fused-ring (bicyclic) bond motifs is 1. The van der Waals surface area contributed by atoms with Gasteiger partial charge < -0.3 is 34.8 Å². The van der Waals surface area contributed by atoms with Crippen molar-refractivity contribution in [3.63, 3.8) is 0 Å². The minimum atomic E-state index is -0.863. The molecular weight excluding hydrogens is 580 g/mol. The minimum absolute atomic E-state index is 0.0110. The zero-order chi connectivity index (χ0) is 31.9. The van der Waals surface area contributed by atoms with E-state index < -0.39 is 24.5 Å². The molecule has 0 bridgehead atoms. The Hall–Kier alpha value is -4.99. The van der Waals surface area contributed by atoms with Gasteiger partial charge in [0.25, 0.3) is 0 Å². The second kappa shape index (κ2) is 14.2. The van der Waals surface area contributed by atoms with Gasteiger partial charge in [0.15, 0.2) is 24.4 Å². The van der Waals surface area contributed by atoms with E-state index in [-0.39, 0.29) is 26.3 Å². The molecule has 15 heteroatoms. The number of benzene rings is 2. The molecule has 0 saturated carbocycles. The Bertz CT molecular complexity index is 1660. The number of carbonyl (C=O) groups excluding carboxylic acids is 1. The molecule has 45 heavy (non-hydrogen) atoms. The topological polar surface area (TPSA) is 175 Å². The first-order chi connectivity index (χ1) is 21.7. The summed E-state index contributed by atoms with van der Waals surface area (Å²) in [5, 5.41) is 36.3. The van der Waals surface area contributed by atoms with E-state index in [0.717, 1.165) is 11.4 Å². The van der Waals surface area contributed by atoms with Crippen molar-refractivity contribution in [2.24, 2.45) is 15.2 Å². The Kier molecular flexibility index (Phi) is 9.92. The fourth-order valence-electron chi connectivity index (χ4n) is 4.54. The van der Waals surface area contributed by atoms with Crippen molar-refractivity contribution in [1.29, 1.82) is 0 Å². The second-order valence-electron chi connectivity index (χ2n) is 10.6. The Morgan fingerprint density at radius 3 is 2.47 bits per heavy atom. The number of hydrogen-bond donors (Lipinski definition) is 3. The van der Waals surface area contributed by atoms with Crippen LogP contribution < -0.4 is 10.2 Å². The zero-order valence-electron chi connectivity index (χ0n) is 25.5. The van der Waals surface area contributed by atoms with Gasteiger partial charge in [-0.3, -0.25) is 0 Å². The average molecular weight is 617 g/mol. The van der Waals surface area contributed by atoms with Crippen LogP contribution in [0.5, 0.6) is 0 Å². The van der Waals surface area contributed by atoms with Crippen molar-refractivity contribution in [3.05, 3.63) is 66.6 Å². The smallest absolute Gasteiger partial charge is 0.409 e. The van der Waals surface area contributed by atoms with E-state index in [0.29, 0.717) is 34.1 Å². The van der Waals surface area contributed by atoms with Gasteiger partial charge in [-0.25, -0.2) is 24.4 Å². The summed E-state index contributed by atoms with van der Waals surface area (Å²) in [4.78, 5) is 29.7. The lowest BCUT2D eigenvalue weighted by atomic mass is 10.2. The van der Waals surface area contributed by atoms with E-state index in [4.69, 9.17) is 9.47 Å². The number of alkyl carbamates (subject to hydrolysis) is 1. The number of rotatable bonds is 10. The van der Waals surface area contributed by atoms with Crippen LogP contribution in [0.4, 0.5) is 27.7 Å². The lowest BCUT2D eigenvalue weighted by Crippen LogP contribution is -2.30. The molecule has 1 saturated heterocycles. The lowest BCUT2D eigenvalue weighted by Gasteiger charge is -2.19. The van der Waals surface area contributed by atoms with Crippen molar-refractivity contribution in [2.75, 3.05) is 39.4 Å². The van der Waals surface area contributed by atoms with Crippen LogP contribution in [-0.4, -0.2) is 93.5 Å². The van der Waals surface area contributed by atoms with Crippen LogP contribution in [0, 0.1) is 0 Å².